The summed E-state index contributed by atoms with van der Waals surface area (Å²) in [4.78, 5) is 8.78. The minimum atomic E-state index is -2.68. The second-order valence-corrected chi connectivity index (χ2v) is 7.65. The number of fused-ring (bicyclic) bond motifs is 1. The van der Waals surface area contributed by atoms with E-state index in [9.17, 15) is 13.2 Å². The van der Waals surface area contributed by atoms with Gasteiger partial charge in [-0.15, -0.1) is 0 Å². The average molecular weight is 431 g/mol. The number of nitrogens with zero attached hydrogens (tertiary/aromatic N) is 3. The molecule has 0 unspecified atom stereocenters. The van der Waals surface area contributed by atoms with Crippen molar-refractivity contribution in [2.24, 2.45) is 0 Å². The molecule has 8 heteroatoms. The molecule has 0 saturated carbocycles. The summed E-state index contributed by atoms with van der Waals surface area (Å²) in [7, 11) is 1.60. The Hall–Kier alpha value is -2.87. The number of halogens is 3. The first-order valence-corrected chi connectivity index (χ1v) is 10.1. The van der Waals surface area contributed by atoms with Crippen molar-refractivity contribution in [2.75, 3.05) is 20.4 Å². The predicted molar refractivity (Wildman–Crippen MR) is 111 cm³/mol. The summed E-state index contributed by atoms with van der Waals surface area (Å²) in [6.07, 6.45) is -2.78. The van der Waals surface area contributed by atoms with E-state index in [4.69, 9.17) is 14.5 Å². The fraction of sp³-hybridized carbons (Fsp3) is 0.391. The molecule has 4 rings (SSSR count). The molecule has 0 aliphatic carbocycles. The second-order valence-electron chi connectivity index (χ2n) is 7.65. The maximum absolute atomic E-state index is 13.5. The van der Waals surface area contributed by atoms with E-state index in [0.29, 0.717) is 41.6 Å². The minimum Gasteiger partial charge on any atom is -0.496 e. The van der Waals surface area contributed by atoms with Gasteiger partial charge in [-0.1, -0.05) is 12.1 Å². The highest BCUT2D eigenvalue weighted by atomic mass is 19.3. The van der Waals surface area contributed by atoms with E-state index < -0.39 is 19.2 Å². The Morgan fingerprint density at radius 2 is 1.97 bits per heavy atom. The summed E-state index contributed by atoms with van der Waals surface area (Å²) in [5.74, 6) is 1.34. The molecule has 3 aromatic rings. The van der Waals surface area contributed by atoms with E-state index in [0.717, 1.165) is 16.8 Å². The first kappa shape index (κ1) is 21.4. The van der Waals surface area contributed by atoms with Gasteiger partial charge in [-0.25, -0.2) is 18.2 Å². The van der Waals surface area contributed by atoms with Crippen molar-refractivity contribution in [3.05, 3.63) is 53.0 Å². The molecule has 0 saturated heterocycles. The number of rotatable bonds is 5. The Morgan fingerprint density at radius 3 is 2.68 bits per heavy atom. The lowest BCUT2D eigenvalue weighted by Crippen LogP contribution is -2.21. The maximum Gasteiger partial charge on any atom is 0.280 e. The number of ether oxygens (including phenoxy) is 2. The molecule has 3 heterocycles. The first-order valence-electron chi connectivity index (χ1n) is 10.1. The lowest BCUT2D eigenvalue weighted by Gasteiger charge is -2.14. The van der Waals surface area contributed by atoms with Crippen molar-refractivity contribution in [3.63, 3.8) is 0 Å². The molecular weight excluding hydrogens is 407 g/mol. The molecule has 1 aliphatic rings. The fourth-order valence-electron chi connectivity index (χ4n) is 3.96. The summed E-state index contributed by atoms with van der Waals surface area (Å²) < 4.78 is 53.3. The highest BCUT2D eigenvalue weighted by molar-refractivity contribution is 5.70. The van der Waals surface area contributed by atoms with Crippen LogP contribution in [0.4, 0.5) is 13.2 Å². The molecule has 0 spiro atoms. The van der Waals surface area contributed by atoms with Crippen molar-refractivity contribution in [1.29, 1.82) is 0 Å². The van der Waals surface area contributed by atoms with Crippen LogP contribution in [-0.4, -0.2) is 41.0 Å². The quantitative estimate of drug-likeness (QED) is 0.565. The van der Waals surface area contributed by atoms with E-state index in [-0.39, 0.29) is 12.2 Å². The topological polar surface area (TPSA) is 49.2 Å². The molecule has 31 heavy (non-hydrogen) atoms. The van der Waals surface area contributed by atoms with Crippen LogP contribution in [0.2, 0.25) is 0 Å². The third-order valence-corrected chi connectivity index (χ3v) is 5.46. The van der Waals surface area contributed by atoms with E-state index >= 15 is 0 Å². The van der Waals surface area contributed by atoms with Gasteiger partial charge in [0.2, 0.25) is 0 Å². The number of aryl methyl sites for hydroxylation is 2. The largest absolute Gasteiger partial charge is 0.496 e. The lowest BCUT2D eigenvalue weighted by molar-refractivity contribution is 0.0355. The van der Waals surface area contributed by atoms with E-state index in [2.05, 4.69) is 4.98 Å². The van der Waals surface area contributed by atoms with Crippen molar-refractivity contribution < 1.29 is 22.6 Å². The van der Waals surface area contributed by atoms with Gasteiger partial charge in [0.15, 0.2) is 0 Å². The molecule has 0 fully saturated rings. The molecule has 2 aromatic heterocycles. The Kier molecular flexibility index (Phi) is 6.00. The summed E-state index contributed by atoms with van der Waals surface area (Å²) in [6.45, 7) is 3.62. The standard InChI is InChI=1S/C23H24F3N3O2/c1-13-4-5-15(10-20(13)30-3)23-28-21(16-8-14(2)27-18(9-16)22(25)26)19-6-7-31-17(11-24)12-29(19)23/h4-5,8-10,17,22H,6-7,11-12H2,1-3H3/t17-/m1/s1. The Balaban J connectivity index is 1.92. The van der Waals surface area contributed by atoms with Gasteiger partial charge in [-0.3, -0.25) is 4.98 Å². The van der Waals surface area contributed by atoms with Crippen LogP contribution in [0.5, 0.6) is 5.75 Å². The monoisotopic (exact) mass is 431 g/mol. The predicted octanol–water partition coefficient (Wildman–Crippen LogP) is 5.09. The van der Waals surface area contributed by atoms with Gasteiger partial charge < -0.3 is 14.0 Å². The highest BCUT2D eigenvalue weighted by Gasteiger charge is 2.26. The zero-order valence-corrected chi connectivity index (χ0v) is 17.7. The van der Waals surface area contributed by atoms with Gasteiger partial charge >= 0.3 is 0 Å². The Labute approximate surface area is 178 Å². The molecule has 0 amide bonds. The maximum atomic E-state index is 13.5. The summed E-state index contributed by atoms with van der Waals surface area (Å²) in [6, 6.07) is 8.86. The van der Waals surface area contributed by atoms with E-state index in [1.54, 1.807) is 20.1 Å². The third-order valence-electron chi connectivity index (χ3n) is 5.46. The molecule has 164 valence electrons. The van der Waals surface area contributed by atoms with E-state index in [1.807, 2.05) is 29.7 Å². The molecule has 0 radical (unpaired) electrons. The SMILES string of the molecule is COc1cc(-c2nc(-c3cc(C)nc(C(F)F)c3)c3n2C[C@@H](CF)OCC3)ccc1C. The number of methoxy groups -OCH3 is 1. The van der Waals surface area contributed by atoms with Crippen molar-refractivity contribution in [3.8, 4) is 28.4 Å². The summed E-state index contributed by atoms with van der Waals surface area (Å²) in [5, 5.41) is 0. The third kappa shape index (κ3) is 4.17. The number of benzene rings is 1. The molecule has 5 nitrogen and oxygen atoms in total. The average Bonchev–Trinajstić information content (AvgIpc) is 2.97. The van der Waals surface area contributed by atoms with Crippen LogP contribution in [0.1, 0.15) is 29.1 Å². The normalized spacial score (nSPS) is 16.3. The van der Waals surface area contributed by atoms with Crippen LogP contribution in [0.3, 0.4) is 0 Å². The smallest absolute Gasteiger partial charge is 0.280 e. The number of hydrogen-bond donors (Lipinski definition) is 0. The van der Waals surface area contributed by atoms with Gasteiger partial charge in [0.05, 0.1) is 26.0 Å². The van der Waals surface area contributed by atoms with Crippen molar-refractivity contribution >= 4 is 0 Å². The van der Waals surface area contributed by atoms with Gasteiger partial charge in [-0.2, -0.15) is 0 Å². The number of alkyl halides is 3. The van der Waals surface area contributed by atoms with Gasteiger partial charge in [0.1, 0.15) is 30.0 Å². The van der Waals surface area contributed by atoms with Gasteiger partial charge in [0, 0.05) is 28.9 Å². The molecular formula is C23H24F3N3O2. The number of aromatic nitrogens is 3. The van der Waals surface area contributed by atoms with Crippen LogP contribution < -0.4 is 4.74 Å². The van der Waals surface area contributed by atoms with Gasteiger partial charge in [0.25, 0.3) is 6.43 Å². The number of hydrogen-bond acceptors (Lipinski definition) is 4. The van der Waals surface area contributed by atoms with Crippen molar-refractivity contribution in [1.82, 2.24) is 14.5 Å². The molecule has 1 aliphatic heterocycles. The van der Waals surface area contributed by atoms with Gasteiger partial charge in [-0.05, 0) is 37.6 Å². The number of pyridine rings is 1. The zero-order valence-electron chi connectivity index (χ0n) is 17.7. The van der Waals surface area contributed by atoms with Crippen LogP contribution >= 0.6 is 0 Å². The van der Waals surface area contributed by atoms with E-state index in [1.165, 1.54) is 6.07 Å². The van der Waals surface area contributed by atoms with Crippen LogP contribution in [0.15, 0.2) is 30.3 Å². The molecule has 0 N–H and O–H groups in total. The lowest BCUT2D eigenvalue weighted by atomic mass is 10.1. The summed E-state index contributed by atoms with van der Waals surface area (Å²) >= 11 is 0. The highest BCUT2D eigenvalue weighted by Crippen LogP contribution is 2.35. The zero-order chi connectivity index (χ0) is 22.1. The first-order chi connectivity index (χ1) is 14.9. The Morgan fingerprint density at radius 1 is 1.16 bits per heavy atom. The second kappa shape index (κ2) is 8.70. The number of imidazole rings is 1. The molecule has 1 atom stereocenters. The summed E-state index contributed by atoms with van der Waals surface area (Å²) in [5.41, 5.74) is 3.96. The van der Waals surface area contributed by atoms with Crippen LogP contribution in [-0.2, 0) is 17.7 Å². The van der Waals surface area contributed by atoms with Crippen LogP contribution in [0.25, 0.3) is 22.6 Å². The van der Waals surface area contributed by atoms with Crippen LogP contribution in [0, 0.1) is 13.8 Å². The minimum absolute atomic E-state index is 0.288. The Bertz CT molecular complexity index is 1100. The molecule has 0 bridgehead atoms. The fourth-order valence-corrected chi connectivity index (χ4v) is 3.96. The van der Waals surface area contributed by atoms with Crippen molar-refractivity contribution in [2.45, 2.75) is 39.3 Å². The molecule has 1 aromatic carbocycles.